The molecule has 0 saturated carbocycles. The molecule has 6 heteroatoms. The van der Waals surface area contributed by atoms with E-state index in [9.17, 15) is 4.79 Å². The summed E-state index contributed by atoms with van der Waals surface area (Å²) in [6, 6.07) is 5.64. The van der Waals surface area contributed by atoms with Gasteiger partial charge in [-0.3, -0.25) is 4.79 Å². The summed E-state index contributed by atoms with van der Waals surface area (Å²) < 4.78 is 12.2. The van der Waals surface area contributed by atoms with Crippen LogP contribution in [0, 0.1) is 0 Å². The van der Waals surface area contributed by atoms with E-state index in [0.29, 0.717) is 17.2 Å². The highest BCUT2D eigenvalue weighted by atomic mass is 16.5. The monoisotopic (exact) mass is 301 g/mol. The highest BCUT2D eigenvalue weighted by Gasteiger charge is 2.11. The van der Waals surface area contributed by atoms with Crippen molar-refractivity contribution >= 4 is 11.9 Å². The lowest BCUT2D eigenvalue weighted by atomic mass is 10.1. The molecule has 2 aromatic rings. The fourth-order valence-corrected chi connectivity index (χ4v) is 1.94. The number of rotatable bonds is 6. The number of carbonyl (C=O) groups is 1. The maximum absolute atomic E-state index is 12.1. The van der Waals surface area contributed by atoms with Crippen LogP contribution in [0.3, 0.4) is 0 Å². The van der Waals surface area contributed by atoms with E-state index in [2.05, 4.69) is 10.3 Å². The first-order chi connectivity index (χ1) is 10.6. The molecule has 1 heterocycles. The van der Waals surface area contributed by atoms with Gasteiger partial charge in [0.15, 0.2) is 17.2 Å². The number of methoxy groups -OCH3 is 2. The number of ether oxygens (including phenoxy) is 2. The van der Waals surface area contributed by atoms with Gasteiger partial charge in [0.2, 0.25) is 5.78 Å². The Hall–Kier alpha value is -2.63. The highest BCUT2D eigenvalue weighted by molar-refractivity contribution is 6.05. The molecular weight excluding hydrogens is 282 g/mol. The highest BCUT2D eigenvalue weighted by Crippen LogP contribution is 2.31. The van der Waals surface area contributed by atoms with Gasteiger partial charge in [-0.15, -0.1) is 5.10 Å². The van der Waals surface area contributed by atoms with Crippen LogP contribution >= 0.6 is 0 Å². The normalized spacial score (nSPS) is 11.1. The molecule has 6 nitrogen and oxygen atoms in total. The van der Waals surface area contributed by atoms with Crippen molar-refractivity contribution in [3.05, 3.63) is 41.7 Å². The minimum Gasteiger partial charge on any atom is -0.493 e. The quantitative estimate of drug-likeness (QED) is 0.606. The summed E-state index contributed by atoms with van der Waals surface area (Å²) in [5, 5.41) is 7.80. The molecule has 116 valence electrons. The van der Waals surface area contributed by atoms with Gasteiger partial charge in [-0.1, -0.05) is 17.3 Å². The molecule has 0 unspecified atom stereocenters. The second-order valence-corrected chi connectivity index (χ2v) is 4.96. The zero-order valence-corrected chi connectivity index (χ0v) is 13.1. The van der Waals surface area contributed by atoms with E-state index in [1.165, 1.54) is 6.08 Å². The predicted octanol–water partition coefficient (Wildman–Crippen LogP) is 2.77. The van der Waals surface area contributed by atoms with Gasteiger partial charge in [0, 0.05) is 11.6 Å². The fourth-order valence-electron chi connectivity index (χ4n) is 1.94. The Morgan fingerprint density at radius 2 is 2.05 bits per heavy atom. The van der Waals surface area contributed by atoms with E-state index in [-0.39, 0.29) is 11.8 Å². The van der Waals surface area contributed by atoms with Crippen LogP contribution in [0.4, 0.5) is 0 Å². The largest absolute Gasteiger partial charge is 0.493 e. The molecule has 0 fully saturated rings. The van der Waals surface area contributed by atoms with Crippen molar-refractivity contribution in [3.8, 4) is 11.5 Å². The number of hydrogen-bond donors (Lipinski definition) is 0. The molecule has 2 rings (SSSR count). The van der Waals surface area contributed by atoms with Crippen molar-refractivity contribution in [3.63, 3.8) is 0 Å². The molecule has 0 amide bonds. The van der Waals surface area contributed by atoms with Crippen LogP contribution in [-0.4, -0.2) is 35.0 Å². The first-order valence-corrected chi connectivity index (χ1v) is 6.92. The van der Waals surface area contributed by atoms with E-state index >= 15 is 0 Å². The number of para-hydroxylation sites is 1. The van der Waals surface area contributed by atoms with Crippen LogP contribution < -0.4 is 9.47 Å². The Morgan fingerprint density at radius 3 is 2.64 bits per heavy atom. The lowest BCUT2D eigenvalue weighted by molar-refractivity contribution is 0.104. The Labute approximate surface area is 129 Å². The van der Waals surface area contributed by atoms with Crippen LogP contribution in [0.5, 0.6) is 11.5 Å². The average Bonchev–Trinajstić information content (AvgIpc) is 3.02. The Balaban J connectivity index is 2.22. The van der Waals surface area contributed by atoms with Gasteiger partial charge in [0.1, 0.15) is 0 Å². The number of aromatic nitrogens is 3. The van der Waals surface area contributed by atoms with E-state index in [1.807, 2.05) is 26.0 Å². The summed E-state index contributed by atoms with van der Waals surface area (Å²) in [7, 11) is 3.13. The molecule has 0 bridgehead atoms. The molecule has 0 aliphatic heterocycles. The molecule has 22 heavy (non-hydrogen) atoms. The standard InChI is InChI=1S/C16H19N3O3/c1-11(2)19-10-13(17-18-19)14(20)9-8-12-6-5-7-15(21-3)16(12)22-4/h5-11H,1-4H3. The zero-order valence-electron chi connectivity index (χ0n) is 13.1. The molecule has 0 saturated heterocycles. The average molecular weight is 301 g/mol. The van der Waals surface area contributed by atoms with Gasteiger partial charge in [0.05, 0.1) is 20.4 Å². The molecule has 0 atom stereocenters. The minimum absolute atomic E-state index is 0.163. The summed E-state index contributed by atoms with van der Waals surface area (Å²) in [4.78, 5) is 12.1. The van der Waals surface area contributed by atoms with Crippen LogP contribution in [-0.2, 0) is 0 Å². The molecule has 0 radical (unpaired) electrons. The van der Waals surface area contributed by atoms with Gasteiger partial charge in [-0.05, 0) is 32.1 Å². The van der Waals surface area contributed by atoms with Gasteiger partial charge < -0.3 is 9.47 Å². The number of ketones is 1. The third kappa shape index (κ3) is 3.33. The summed E-state index contributed by atoms with van der Waals surface area (Å²) in [6.45, 7) is 3.94. The third-order valence-corrected chi connectivity index (χ3v) is 3.14. The second kappa shape index (κ2) is 6.89. The van der Waals surface area contributed by atoms with Crippen LogP contribution in [0.1, 0.15) is 35.9 Å². The summed E-state index contributed by atoms with van der Waals surface area (Å²) in [5.74, 6) is 0.986. The van der Waals surface area contributed by atoms with Gasteiger partial charge in [0.25, 0.3) is 0 Å². The van der Waals surface area contributed by atoms with Crippen molar-refractivity contribution in [2.24, 2.45) is 0 Å². The Bertz CT molecular complexity index is 690. The minimum atomic E-state index is -0.211. The predicted molar refractivity (Wildman–Crippen MR) is 83.3 cm³/mol. The lowest BCUT2D eigenvalue weighted by Crippen LogP contribution is -2.00. The van der Waals surface area contributed by atoms with Crippen molar-refractivity contribution in [1.82, 2.24) is 15.0 Å². The molecule has 0 aliphatic rings. The van der Waals surface area contributed by atoms with Gasteiger partial charge in [-0.2, -0.15) is 0 Å². The smallest absolute Gasteiger partial charge is 0.207 e. The number of hydrogen-bond acceptors (Lipinski definition) is 5. The zero-order chi connectivity index (χ0) is 16.1. The number of allylic oxidation sites excluding steroid dienone is 1. The summed E-state index contributed by atoms with van der Waals surface area (Å²) >= 11 is 0. The van der Waals surface area contributed by atoms with E-state index < -0.39 is 0 Å². The maximum Gasteiger partial charge on any atom is 0.207 e. The lowest BCUT2D eigenvalue weighted by Gasteiger charge is -2.09. The topological polar surface area (TPSA) is 66.2 Å². The molecule has 0 spiro atoms. The molecule has 0 N–H and O–H groups in total. The fraction of sp³-hybridized carbons (Fsp3) is 0.312. The Morgan fingerprint density at radius 1 is 1.27 bits per heavy atom. The molecular formula is C16H19N3O3. The first kappa shape index (κ1) is 15.8. The van der Waals surface area contributed by atoms with Crippen molar-refractivity contribution in [1.29, 1.82) is 0 Å². The van der Waals surface area contributed by atoms with Crippen LogP contribution in [0.2, 0.25) is 0 Å². The number of nitrogens with zero attached hydrogens (tertiary/aromatic N) is 3. The van der Waals surface area contributed by atoms with E-state index in [1.54, 1.807) is 37.2 Å². The summed E-state index contributed by atoms with van der Waals surface area (Å²) in [5.41, 5.74) is 1.07. The molecule has 1 aromatic carbocycles. The van der Waals surface area contributed by atoms with Crippen molar-refractivity contribution < 1.29 is 14.3 Å². The molecule has 1 aromatic heterocycles. The van der Waals surface area contributed by atoms with E-state index in [4.69, 9.17) is 9.47 Å². The van der Waals surface area contributed by atoms with Crippen LogP contribution in [0.15, 0.2) is 30.5 Å². The summed E-state index contributed by atoms with van der Waals surface area (Å²) in [6.07, 6.45) is 4.77. The SMILES string of the molecule is COc1cccc(C=CC(=O)c2cn(C(C)C)nn2)c1OC. The van der Waals surface area contributed by atoms with E-state index in [0.717, 1.165) is 5.56 Å². The van der Waals surface area contributed by atoms with Gasteiger partial charge >= 0.3 is 0 Å². The Kier molecular flexibility index (Phi) is 4.93. The third-order valence-electron chi connectivity index (χ3n) is 3.14. The van der Waals surface area contributed by atoms with Gasteiger partial charge in [-0.25, -0.2) is 4.68 Å². The maximum atomic E-state index is 12.1. The number of benzene rings is 1. The first-order valence-electron chi connectivity index (χ1n) is 6.92. The second-order valence-electron chi connectivity index (χ2n) is 4.96. The van der Waals surface area contributed by atoms with Crippen LogP contribution in [0.25, 0.3) is 6.08 Å². The number of carbonyl (C=O) groups excluding carboxylic acids is 1. The van der Waals surface area contributed by atoms with Crippen molar-refractivity contribution in [2.75, 3.05) is 14.2 Å². The van der Waals surface area contributed by atoms with Crippen molar-refractivity contribution in [2.45, 2.75) is 19.9 Å². The molecule has 0 aliphatic carbocycles.